The maximum atomic E-state index is 9.37. The number of anilines is 1. The zero-order valence-electron chi connectivity index (χ0n) is 13.1. The topological polar surface area (TPSA) is 53.6 Å². The van der Waals surface area contributed by atoms with Gasteiger partial charge >= 0.3 is 0 Å². The number of hydrogen-bond donors (Lipinski definition) is 1. The van der Waals surface area contributed by atoms with Gasteiger partial charge in [-0.15, -0.1) is 0 Å². The predicted octanol–water partition coefficient (Wildman–Crippen LogP) is 3.23. The van der Waals surface area contributed by atoms with E-state index in [1.165, 1.54) is 19.3 Å². The number of nitriles is 1. The first-order valence-electron chi connectivity index (χ1n) is 7.50. The van der Waals surface area contributed by atoms with Crippen LogP contribution in [0.2, 0.25) is 0 Å². The van der Waals surface area contributed by atoms with Gasteiger partial charge in [-0.3, -0.25) is 4.68 Å². The van der Waals surface area contributed by atoms with Crippen molar-refractivity contribution in [3.05, 3.63) is 11.3 Å². The highest BCUT2D eigenvalue weighted by atomic mass is 15.3. The van der Waals surface area contributed by atoms with E-state index in [2.05, 4.69) is 37.3 Å². The Morgan fingerprint density at radius 1 is 1.40 bits per heavy atom. The summed E-state index contributed by atoms with van der Waals surface area (Å²) in [5, 5.41) is 17.4. The summed E-state index contributed by atoms with van der Waals surface area (Å²) in [5.74, 6) is 1.68. The summed E-state index contributed by atoms with van der Waals surface area (Å²) in [7, 11) is 1.92. The van der Waals surface area contributed by atoms with Gasteiger partial charge in [0.15, 0.2) is 0 Å². The maximum absolute atomic E-state index is 9.37. The van der Waals surface area contributed by atoms with E-state index in [0.717, 1.165) is 17.4 Å². The van der Waals surface area contributed by atoms with Crippen LogP contribution in [0.1, 0.15) is 51.3 Å². The highest BCUT2D eigenvalue weighted by Gasteiger charge is 2.59. The fourth-order valence-corrected chi connectivity index (χ4v) is 4.76. The number of aryl methyl sites for hydroxylation is 2. The lowest BCUT2D eigenvalue weighted by atomic mass is 9.68. The summed E-state index contributed by atoms with van der Waals surface area (Å²) in [6.07, 6.45) is 3.94. The number of nitrogens with one attached hydrogen (secondary N) is 1. The van der Waals surface area contributed by atoms with Gasteiger partial charge in [-0.1, -0.05) is 20.8 Å². The van der Waals surface area contributed by atoms with Gasteiger partial charge < -0.3 is 5.32 Å². The molecule has 3 rings (SSSR count). The van der Waals surface area contributed by atoms with E-state index < -0.39 is 0 Å². The molecule has 2 bridgehead atoms. The molecule has 20 heavy (non-hydrogen) atoms. The molecule has 1 N–H and O–H groups in total. The molecule has 1 aromatic heterocycles. The average molecular weight is 272 g/mol. The quantitative estimate of drug-likeness (QED) is 0.899. The second kappa shape index (κ2) is 4.00. The lowest BCUT2D eigenvalue weighted by molar-refractivity contribution is 0.155. The van der Waals surface area contributed by atoms with Crippen LogP contribution in [0.3, 0.4) is 0 Å². The summed E-state index contributed by atoms with van der Waals surface area (Å²) in [6, 6.07) is 2.71. The lowest BCUT2D eigenvalue weighted by Crippen LogP contribution is -2.46. The van der Waals surface area contributed by atoms with Gasteiger partial charge in [-0.05, 0) is 42.9 Å². The Bertz CT molecular complexity index is 588. The summed E-state index contributed by atoms with van der Waals surface area (Å²) in [5.41, 5.74) is 2.12. The zero-order chi connectivity index (χ0) is 14.7. The van der Waals surface area contributed by atoms with E-state index in [4.69, 9.17) is 0 Å². The van der Waals surface area contributed by atoms with E-state index in [-0.39, 0.29) is 5.41 Å². The zero-order valence-corrected chi connectivity index (χ0v) is 13.1. The molecular formula is C16H24N4. The Labute approximate surface area is 121 Å². The molecule has 0 radical (unpaired) electrons. The second-order valence-corrected chi connectivity index (χ2v) is 7.54. The Hall–Kier alpha value is -1.50. The molecule has 0 aliphatic heterocycles. The van der Waals surface area contributed by atoms with Crippen LogP contribution in [0.25, 0.3) is 0 Å². The number of nitrogens with zero attached hydrogens (tertiary/aromatic N) is 3. The molecule has 4 nitrogen and oxygen atoms in total. The molecule has 1 heterocycles. The van der Waals surface area contributed by atoms with Crippen LogP contribution < -0.4 is 5.32 Å². The Morgan fingerprint density at radius 2 is 2.10 bits per heavy atom. The molecule has 3 atom stereocenters. The van der Waals surface area contributed by atoms with Crippen molar-refractivity contribution in [2.45, 2.75) is 53.0 Å². The van der Waals surface area contributed by atoms with Gasteiger partial charge in [-0.2, -0.15) is 10.4 Å². The van der Waals surface area contributed by atoms with Crippen LogP contribution in [-0.4, -0.2) is 15.8 Å². The predicted molar refractivity (Wildman–Crippen MR) is 79.3 cm³/mol. The standard InChI is InChI=1S/C16H24N4/c1-10-12(9-17)13(20(5)19-10)18-14-15(2,3)11-6-7-16(14,4)8-11/h11,14,18H,6-8H2,1-5H3. The van der Waals surface area contributed by atoms with Crippen LogP contribution in [0.4, 0.5) is 5.82 Å². The minimum Gasteiger partial charge on any atom is -0.365 e. The molecule has 3 unspecified atom stereocenters. The van der Waals surface area contributed by atoms with E-state index in [0.29, 0.717) is 17.0 Å². The first-order valence-corrected chi connectivity index (χ1v) is 7.50. The van der Waals surface area contributed by atoms with Gasteiger partial charge in [0, 0.05) is 13.1 Å². The molecule has 0 aromatic carbocycles. The highest BCUT2D eigenvalue weighted by Crippen LogP contribution is 2.63. The van der Waals surface area contributed by atoms with Crippen LogP contribution in [0.5, 0.6) is 0 Å². The first kappa shape index (κ1) is 13.5. The largest absolute Gasteiger partial charge is 0.365 e. The molecule has 108 valence electrons. The Balaban J connectivity index is 1.98. The Kier molecular flexibility index (Phi) is 2.70. The molecule has 0 spiro atoms. The molecule has 0 amide bonds. The minimum absolute atomic E-state index is 0.276. The molecule has 4 heteroatoms. The molecular weight excluding hydrogens is 248 g/mol. The maximum Gasteiger partial charge on any atom is 0.142 e. The SMILES string of the molecule is Cc1nn(C)c(NC2C3(C)CCC(C3)C2(C)C)c1C#N. The Morgan fingerprint density at radius 3 is 2.65 bits per heavy atom. The van der Waals surface area contributed by atoms with Crippen LogP contribution >= 0.6 is 0 Å². The third-order valence-electron chi connectivity index (χ3n) is 5.88. The molecule has 2 fully saturated rings. The molecule has 2 saturated carbocycles. The molecule has 0 saturated heterocycles. The van der Waals surface area contributed by atoms with Crippen molar-refractivity contribution < 1.29 is 0 Å². The van der Waals surface area contributed by atoms with Gasteiger partial charge in [0.1, 0.15) is 17.5 Å². The van der Waals surface area contributed by atoms with Gasteiger partial charge in [0.25, 0.3) is 0 Å². The first-order chi connectivity index (χ1) is 9.29. The van der Waals surface area contributed by atoms with Gasteiger partial charge in [0.2, 0.25) is 0 Å². The molecule has 1 aromatic rings. The van der Waals surface area contributed by atoms with Crippen LogP contribution in [0, 0.1) is 35.0 Å². The van der Waals surface area contributed by atoms with Crippen molar-refractivity contribution in [3.63, 3.8) is 0 Å². The van der Waals surface area contributed by atoms with Crippen molar-refractivity contribution in [2.24, 2.45) is 23.8 Å². The summed E-state index contributed by atoms with van der Waals surface area (Å²) >= 11 is 0. The van der Waals surface area contributed by atoms with Crippen molar-refractivity contribution in [1.29, 1.82) is 5.26 Å². The van der Waals surface area contributed by atoms with E-state index in [1.54, 1.807) is 0 Å². The van der Waals surface area contributed by atoms with Crippen LogP contribution in [0.15, 0.2) is 0 Å². The van der Waals surface area contributed by atoms with Crippen LogP contribution in [-0.2, 0) is 7.05 Å². The molecule has 2 aliphatic carbocycles. The average Bonchev–Trinajstić information content (AvgIpc) is 2.92. The van der Waals surface area contributed by atoms with Crippen molar-refractivity contribution in [1.82, 2.24) is 9.78 Å². The molecule has 2 aliphatic rings. The monoisotopic (exact) mass is 272 g/mol. The number of rotatable bonds is 2. The normalized spacial score (nSPS) is 34.2. The smallest absolute Gasteiger partial charge is 0.142 e. The summed E-state index contributed by atoms with van der Waals surface area (Å²) in [4.78, 5) is 0. The minimum atomic E-state index is 0.276. The van der Waals surface area contributed by atoms with E-state index in [9.17, 15) is 5.26 Å². The number of aromatic nitrogens is 2. The summed E-state index contributed by atoms with van der Waals surface area (Å²) in [6.45, 7) is 9.04. The van der Waals surface area contributed by atoms with Crippen molar-refractivity contribution >= 4 is 5.82 Å². The third-order valence-corrected chi connectivity index (χ3v) is 5.88. The fourth-order valence-electron chi connectivity index (χ4n) is 4.76. The van der Waals surface area contributed by atoms with E-state index in [1.807, 2.05) is 18.7 Å². The summed E-state index contributed by atoms with van der Waals surface area (Å²) < 4.78 is 1.82. The van der Waals surface area contributed by atoms with Crippen molar-refractivity contribution in [3.8, 4) is 6.07 Å². The van der Waals surface area contributed by atoms with Gasteiger partial charge in [-0.25, -0.2) is 0 Å². The highest BCUT2D eigenvalue weighted by molar-refractivity contribution is 5.56. The van der Waals surface area contributed by atoms with E-state index >= 15 is 0 Å². The second-order valence-electron chi connectivity index (χ2n) is 7.54. The fraction of sp³-hybridized carbons (Fsp3) is 0.750. The lowest BCUT2D eigenvalue weighted by Gasteiger charge is -2.43. The number of hydrogen-bond acceptors (Lipinski definition) is 3. The van der Waals surface area contributed by atoms with Gasteiger partial charge in [0.05, 0.1) is 5.69 Å². The number of fused-ring (bicyclic) bond motifs is 2. The third kappa shape index (κ3) is 1.62. The van der Waals surface area contributed by atoms with Crippen molar-refractivity contribution in [2.75, 3.05) is 5.32 Å².